The van der Waals surface area contributed by atoms with Gasteiger partial charge in [0.2, 0.25) is 0 Å². The van der Waals surface area contributed by atoms with Crippen LogP contribution in [0.4, 0.5) is 8.78 Å². The Kier molecular flexibility index (Phi) is 7.18. The first-order chi connectivity index (χ1) is 7.54. The molecule has 0 bridgehead atoms. The summed E-state index contributed by atoms with van der Waals surface area (Å²) in [4.78, 5) is 0. The van der Waals surface area contributed by atoms with E-state index in [1.165, 1.54) is 19.1 Å². The predicted molar refractivity (Wildman–Crippen MR) is 63.2 cm³/mol. The number of rotatable bonds is 6. The molecule has 0 radical (unpaired) electrons. The van der Waals surface area contributed by atoms with Gasteiger partial charge in [-0.3, -0.25) is 0 Å². The lowest BCUT2D eigenvalue weighted by molar-refractivity contribution is 0.171. The third-order valence-electron chi connectivity index (χ3n) is 1.87. The Morgan fingerprint density at radius 1 is 1.38 bits per heavy atom. The minimum Gasteiger partial charge on any atom is -0.484 e. The Balaban J connectivity index is 4.68. The molecule has 0 spiro atoms. The first-order valence-corrected chi connectivity index (χ1v) is 5.16. The Hall–Kier alpha value is -1.38. The quantitative estimate of drug-likeness (QED) is 0.367. The molecular formula is C13H18F2O. The zero-order chi connectivity index (χ0) is 12.6. The van der Waals surface area contributed by atoms with Gasteiger partial charge in [-0.1, -0.05) is 18.7 Å². The van der Waals surface area contributed by atoms with Gasteiger partial charge in [-0.15, -0.1) is 0 Å². The standard InChI is InChI=1S/C13H18F2O/c1-5-8-10(4)16-13(7-3)12(15)9-11(14)6-2/h5-8,10H,3,9H2,1-2,4H3/b8-5+,11-6+,13-12-. The van der Waals surface area contributed by atoms with E-state index >= 15 is 0 Å². The van der Waals surface area contributed by atoms with E-state index in [9.17, 15) is 8.78 Å². The van der Waals surface area contributed by atoms with Gasteiger partial charge in [0.15, 0.2) is 5.76 Å². The fraction of sp³-hybridized carbons (Fsp3) is 0.385. The topological polar surface area (TPSA) is 9.23 Å². The molecule has 0 heterocycles. The molecule has 0 N–H and O–H groups in total. The van der Waals surface area contributed by atoms with Gasteiger partial charge in [-0.05, 0) is 32.9 Å². The van der Waals surface area contributed by atoms with Gasteiger partial charge in [0.05, 0.1) is 6.42 Å². The highest BCUT2D eigenvalue weighted by Crippen LogP contribution is 2.20. The molecule has 0 saturated carbocycles. The number of hydrogen-bond donors (Lipinski definition) is 0. The third-order valence-corrected chi connectivity index (χ3v) is 1.87. The minimum atomic E-state index is -0.651. The van der Waals surface area contributed by atoms with E-state index in [0.29, 0.717) is 0 Å². The van der Waals surface area contributed by atoms with Gasteiger partial charge in [0.1, 0.15) is 17.8 Å². The summed E-state index contributed by atoms with van der Waals surface area (Å²) in [5, 5.41) is 0. The molecule has 90 valence electrons. The molecule has 0 aliphatic rings. The van der Waals surface area contributed by atoms with Crippen LogP contribution in [0.2, 0.25) is 0 Å². The zero-order valence-electron chi connectivity index (χ0n) is 9.97. The third kappa shape index (κ3) is 5.49. The maximum absolute atomic E-state index is 13.5. The fourth-order valence-electron chi connectivity index (χ4n) is 1.07. The van der Waals surface area contributed by atoms with Crippen LogP contribution in [0.5, 0.6) is 0 Å². The van der Waals surface area contributed by atoms with E-state index in [2.05, 4.69) is 6.58 Å². The first kappa shape index (κ1) is 14.6. The van der Waals surface area contributed by atoms with Crippen molar-refractivity contribution in [1.82, 2.24) is 0 Å². The van der Waals surface area contributed by atoms with Crippen LogP contribution in [0, 0.1) is 0 Å². The summed E-state index contributed by atoms with van der Waals surface area (Å²) in [6.45, 7) is 8.56. The van der Waals surface area contributed by atoms with Gasteiger partial charge in [0.25, 0.3) is 0 Å². The molecule has 0 amide bonds. The van der Waals surface area contributed by atoms with Crippen molar-refractivity contribution in [3.63, 3.8) is 0 Å². The molecule has 1 nitrogen and oxygen atoms in total. The van der Waals surface area contributed by atoms with E-state index < -0.39 is 11.7 Å². The van der Waals surface area contributed by atoms with E-state index in [-0.39, 0.29) is 18.3 Å². The molecule has 0 fully saturated rings. The highest BCUT2D eigenvalue weighted by atomic mass is 19.1. The van der Waals surface area contributed by atoms with Crippen molar-refractivity contribution >= 4 is 0 Å². The number of halogens is 2. The van der Waals surface area contributed by atoms with Crippen LogP contribution in [0.1, 0.15) is 27.2 Å². The van der Waals surface area contributed by atoms with Gasteiger partial charge < -0.3 is 4.74 Å². The molecule has 16 heavy (non-hydrogen) atoms. The van der Waals surface area contributed by atoms with Crippen LogP contribution in [0.25, 0.3) is 0 Å². The van der Waals surface area contributed by atoms with Crippen LogP contribution in [0.3, 0.4) is 0 Å². The Morgan fingerprint density at radius 3 is 2.44 bits per heavy atom. The Morgan fingerprint density at radius 2 is 2.00 bits per heavy atom. The minimum absolute atomic E-state index is 0.0115. The highest BCUT2D eigenvalue weighted by Gasteiger charge is 2.09. The van der Waals surface area contributed by atoms with E-state index in [1.807, 2.05) is 6.92 Å². The van der Waals surface area contributed by atoms with E-state index in [0.717, 1.165) is 0 Å². The smallest absolute Gasteiger partial charge is 0.151 e. The summed E-state index contributed by atoms with van der Waals surface area (Å²) in [6.07, 6.45) is 5.38. The molecule has 0 aromatic rings. The van der Waals surface area contributed by atoms with Gasteiger partial charge in [0, 0.05) is 0 Å². The summed E-state index contributed by atoms with van der Waals surface area (Å²) in [7, 11) is 0. The SMILES string of the molecule is C=C/C(OC(C)/C=C/C)=C(/F)C/C(F)=C\C. The molecule has 0 aromatic heterocycles. The van der Waals surface area contributed by atoms with Crippen molar-refractivity contribution in [3.8, 4) is 0 Å². The molecular weight excluding hydrogens is 210 g/mol. The van der Waals surface area contributed by atoms with E-state index in [1.54, 1.807) is 19.1 Å². The number of hydrogen-bond acceptors (Lipinski definition) is 1. The van der Waals surface area contributed by atoms with Gasteiger partial charge >= 0.3 is 0 Å². The van der Waals surface area contributed by atoms with Crippen LogP contribution >= 0.6 is 0 Å². The molecule has 0 aliphatic heterocycles. The second kappa shape index (κ2) is 7.85. The molecule has 0 aromatic carbocycles. The van der Waals surface area contributed by atoms with Crippen molar-refractivity contribution < 1.29 is 13.5 Å². The second-order valence-corrected chi connectivity index (χ2v) is 3.23. The molecule has 3 heteroatoms. The van der Waals surface area contributed by atoms with Gasteiger partial charge in [-0.2, -0.15) is 0 Å². The van der Waals surface area contributed by atoms with Crippen molar-refractivity contribution in [3.05, 3.63) is 48.3 Å². The van der Waals surface area contributed by atoms with E-state index in [4.69, 9.17) is 4.74 Å². The second-order valence-electron chi connectivity index (χ2n) is 3.23. The van der Waals surface area contributed by atoms with Crippen molar-refractivity contribution in [2.75, 3.05) is 0 Å². The highest BCUT2D eigenvalue weighted by molar-refractivity contribution is 5.18. The average molecular weight is 228 g/mol. The fourth-order valence-corrected chi connectivity index (χ4v) is 1.07. The first-order valence-electron chi connectivity index (χ1n) is 5.16. The number of allylic oxidation sites excluding steroid dienone is 5. The van der Waals surface area contributed by atoms with Crippen LogP contribution in [0.15, 0.2) is 48.3 Å². The zero-order valence-corrected chi connectivity index (χ0v) is 9.97. The molecule has 0 aliphatic carbocycles. The predicted octanol–water partition coefficient (Wildman–Crippen LogP) is 4.60. The summed E-state index contributed by atoms with van der Waals surface area (Å²) in [5.74, 6) is -1.19. The van der Waals surface area contributed by atoms with Crippen LogP contribution < -0.4 is 0 Å². The monoisotopic (exact) mass is 228 g/mol. The van der Waals surface area contributed by atoms with Crippen molar-refractivity contribution in [2.24, 2.45) is 0 Å². The lowest BCUT2D eigenvalue weighted by atomic mass is 10.2. The maximum Gasteiger partial charge on any atom is 0.151 e. The summed E-state index contributed by atoms with van der Waals surface area (Å²) in [6, 6.07) is 0. The molecule has 0 rings (SSSR count). The molecule has 1 unspecified atom stereocenters. The summed E-state index contributed by atoms with van der Waals surface area (Å²) < 4.78 is 31.6. The van der Waals surface area contributed by atoms with Crippen LogP contribution in [-0.2, 0) is 4.74 Å². The maximum atomic E-state index is 13.5. The Labute approximate surface area is 95.8 Å². The largest absolute Gasteiger partial charge is 0.484 e. The summed E-state index contributed by atoms with van der Waals surface area (Å²) in [5.41, 5.74) is 0. The van der Waals surface area contributed by atoms with Crippen molar-refractivity contribution in [2.45, 2.75) is 33.3 Å². The lowest BCUT2D eigenvalue weighted by Crippen LogP contribution is -2.04. The van der Waals surface area contributed by atoms with Crippen LogP contribution in [-0.4, -0.2) is 6.10 Å². The van der Waals surface area contributed by atoms with Gasteiger partial charge in [-0.25, -0.2) is 8.78 Å². The number of ether oxygens (including phenoxy) is 1. The van der Waals surface area contributed by atoms with Crippen molar-refractivity contribution in [1.29, 1.82) is 0 Å². The summed E-state index contributed by atoms with van der Waals surface area (Å²) >= 11 is 0. The molecule has 0 saturated heterocycles. The molecule has 1 atom stereocenters. The lowest BCUT2D eigenvalue weighted by Gasteiger charge is -2.12. The normalized spacial score (nSPS) is 15.9. The Bertz CT molecular complexity index is 314. The average Bonchev–Trinajstić information content (AvgIpc) is 2.25.